The molecule has 2 saturated heterocycles. The lowest BCUT2D eigenvalue weighted by Gasteiger charge is -2.33. The first-order chi connectivity index (χ1) is 14.3. The van der Waals surface area contributed by atoms with Gasteiger partial charge in [-0.3, -0.25) is 9.89 Å². The zero-order chi connectivity index (χ0) is 20.3. The minimum atomic E-state index is 0.337. The summed E-state index contributed by atoms with van der Waals surface area (Å²) in [5.41, 5.74) is 0. The lowest BCUT2D eigenvalue weighted by molar-refractivity contribution is 0.0186. The molecule has 6 nitrogen and oxygen atoms in total. The molecular formula is C22H39N5OS. The van der Waals surface area contributed by atoms with E-state index in [9.17, 15) is 0 Å². The summed E-state index contributed by atoms with van der Waals surface area (Å²) >= 11 is 1.83. The van der Waals surface area contributed by atoms with Gasteiger partial charge in [0.15, 0.2) is 5.96 Å². The van der Waals surface area contributed by atoms with Crippen LogP contribution < -0.4 is 10.6 Å². The van der Waals surface area contributed by atoms with Crippen molar-refractivity contribution in [2.24, 2.45) is 4.99 Å². The average Bonchev–Trinajstić information content (AvgIpc) is 3.28. The molecule has 2 atom stereocenters. The van der Waals surface area contributed by atoms with E-state index in [1.807, 2.05) is 11.3 Å². The van der Waals surface area contributed by atoms with E-state index >= 15 is 0 Å². The summed E-state index contributed by atoms with van der Waals surface area (Å²) in [6, 6.07) is 5.46. The molecular weight excluding hydrogens is 382 g/mol. The van der Waals surface area contributed by atoms with Crippen LogP contribution in [-0.4, -0.2) is 80.8 Å². The van der Waals surface area contributed by atoms with Crippen molar-refractivity contribution in [3.05, 3.63) is 22.4 Å². The first-order valence-corrected chi connectivity index (χ1v) is 12.3. The van der Waals surface area contributed by atoms with Crippen molar-refractivity contribution in [2.75, 3.05) is 59.0 Å². The summed E-state index contributed by atoms with van der Waals surface area (Å²) in [6.45, 7) is 13.2. The largest absolute Gasteiger partial charge is 0.379 e. The number of hydrogen-bond donors (Lipinski definition) is 2. The fraction of sp³-hybridized carbons (Fsp3) is 0.773. The molecule has 7 heteroatoms. The van der Waals surface area contributed by atoms with Gasteiger partial charge in [-0.25, -0.2) is 0 Å². The van der Waals surface area contributed by atoms with E-state index in [2.05, 4.69) is 51.8 Å². The number of nitrogens with zero attached hydrogens (tertiary/aromatic N) is 3. The minimum Gasteiger partial charge on any atom is -0.379 e. The molecule has 2 aliphatic rings. The van der Waals surface area contributed by atoms with Crippen molar-refractivity contribution in [3.63, 3.8) is 0 Å². The van der Waals surface area contributed by atoms with E-state index in [1.165, 1.54) is 37.2 Å². The van der Waals surface area contributed by atoms with Gasteiger partial charge in [0.05, 0.1) is 25.8 Å². The molecule has 1 aromatic heterocycles. The SMILES string of the molecule is CCNC(=NCC(c1cccs1)N1CCOCC1)NCCCN1CCCCC1C. The lowest BCUT2D eigenvalue weighted by atomic mass is 10.0. The maximum absolute atomic E-state index is 5.55. The Morgan fingerprint density at radius 1 is 1.28 bits per heavy atom. The predicted octanol–water partition coefficient (Wildman–Crippen LogP) is 2.94. The number of morpholine rings is 1. The van der Waals surface area contributed by atoms with Gasteiger partial charge in [0.2, 0.25) is 0 Å². The Morgan fingerprint density at radius 2 is 2.14 bits per heavy atom. The molecule has 2 fully saturated rings. The predicted molar refractivity (Wildman–Crippen MR) is 123 cm³/mol. The Hall–Kier alpha value is -1.15. The van der Waals surface area contributed by atoms with Crippen LogP contribution in [0.25, 0.3) is 0 Å². The summed E-state index contributed by atoms with van der Waals surface area (Å²) in [5.74, 6) is 0.939. The van der Waals surface area contributed by atoms with Crippen molar-refractivity contribution in [3.8, 4) is 0 Å². The fourth-order valence-corrected chi connectivity index (χ4v) is 5.11. The van der Waals surface area contributed by atoms with Crippen LogP contribution in [0.15, 0.2) is 22.5 Å². The van der Waals surface area contributed by atoms with Crippen molar-refractivity contribution < 1.29 is 4.74 Å². The molecule has 3 heterocycles. The standard InChI is InChI=1S/C22H39N5OS/c1-3-23-22(24-10-7-12-26-11-5-4-8-19(26)2)25-18-20(21-9-6-17-29-21)27-13-15-28-16-14-27/h6,9,17,19-20H,3-5,7-8,10-16,18H2,1-2H3,(H2,23,24,25). The zero-order valence-electron chi connectivity index (χ0n) is 18.2. The molecule has 0 amide bonds. The summed E-state index contributed by atoms with van der Waals surface area (Å²) in [6.07, 6.45) is 5.25. The lowest BCUT2D eigenvalue weighted by Crippen LogP contribution is -2.42. The van der Waals surface area contributed by atoms with E-state index in [4.69, 9.17) is 9.73 Å². The summed E-state index contributed by atoms with van der Waals surface area (Å²) in [5, 5.41) is 9.13. The first kappa shape index (κ1) is 22.5. The molecule has 0 saturated carbocycles. The van der Waals surface area contributed by atoms with E-state index in [-0.39, 0.29) is 0 Å². The van der Waals surface area contributed by atoms with E-state index < -0.39 is 0 Å². The summed E-state index contributed by atoms with van der Waals surface area (Å²) < 4.78 is 5.55. The van der Waals surface area contributed by atoms with Gasteiger partial charge < -0.3 is 20.3 Å². The van der Waals surface area contributed by atoms with Gasteiger partial charge in [0.25, 0.3) is 0 Å². The highest BCUT2D eigenvalue weighted by atomic mass is 32.1. The minimum absolute atomic E-state index is 0.337. The molecule has 164 valence electrons. The van der Waals surface area contributed by atoms with Crippen LogP contribution in [0.1, 0.15) is 50.4 Å². The second kappa shape index (κ2) is 12.5. The van der Waals surface area contributed by atoms with E-state index in [0.29, 0.717) is 6.04 Å². The second-order valence-electron chi connectivity index (χ2n) is 8.06. The van der Waals surface area contributed by atoms with Gasteiger partial charge in [-0.2, -0.15) is 0 Å². The number of thiophene rings is 1. The molecule has 0 aliphatic carbocycles. The number of ether oxygens (including phenoxy) is 1. The van der Waals surface area contributed by atoms with Crippen molar-refractivity contribution in [2.45, 2.75) is 51.6 Å². The van der Waals surface area contributed by atoms with Crippen LogP contribution in [0, 0.1) is 0 Å². The molecule has 2 N–H and O–H groups in total. The third-order valence-corrected chi connectivity index (χ3v) is 6.95. The molecule has 0 spiro atoms. The number of aliphatic imine (C=N–C) groups is 1. The third-order valence-electron chi connectivity index (χ3n) is 5.98. The van der Waals surface area contributed by atoms with Gasteiger partial charge in [-0.1, -0.05) is 12.5 Å². The number of hydrogen-bond acceptors (Lipinski definition) is 5. The molecule has 0 radical (unpaired) electrons. The molecule has 1 aromatic rings. The molecule has 0 aromatic carbocycles. The van der Waals surface area contributed by atoms with Gasteiger partial charge in [0.1, 0.15) is 0 Å². The quantitative estimate of drug-likeness (QED) is 0.365. The van der Waals surface area contributed by atoms with E-state index in [0.717, 1.165) is 64.4 Å². The smallest absolute Gasteiger partial charge is 0.191 e. The van der Waals surface area contributed by atoms with Crippen LogP contribution in [0.4, 0.5) is 0 Å². The Bertz CT molecular complexity index is 588. The van der Waals surface area contributed by atoms with Gasteiger partial charge in [-0.15, -0.1) is 11.3 Å². The van der Waals surface area contributed by atoms with Gasteiger partial charge in [0, 0.05) is 43.6 Å². The third kappa shape index (κ3) is 7.24. The first-order valence-electron chi connectivity index (χ1n) is 11.4. The van der Waals surface area contributed by atoms with Crippen molar-refractivity contribution >= 4 is 17.3 Å². The van der Waals surface area contributed by atoms with Crippen molar-refractivity contribution in [1.29, 1.82) is 0 Å². The van der Waals surface area contributed by atoms with Crippen molar-refractivity contribution in [1.82, 2.24) is 20.4 Å². The highest BCUT2D eigenvalue weighted by Gasteiger charge is 2.23. The number of rotatable bonds is 9. The maximum atomic E-state index is 5.55. The van der Waals surface area contributed by atoms with Crippen LogP contribution >= 0.6 is 11.3 Å². The Morgan fingerprint density at radius 3 is 2.86 bits per heavy atom. The normalized spacial score (nSPS) is 23.1. The highest BCUT2D eigenvalue weighted by molar-refractivity contribution is 7.10. The fourth-order valence-electron chi connectivity index (χ4n) is 4.25. The molecule has 29 heavy (non-hydrogen) atoms. The summed E-state index contributed by atoms with van der Waals surface area (Å²) in [7, 11) is 0. The second-order valence-corrected chi connectivity index (χ2v) is 9.04. The Balaban J connectivity index is 1.50. The highest BCUT2D eigenvalue weighted by Crippen LogP contribution is 2.26. The molecule has 3 rings (SSSR count). The molecule has 2 unspecified atom stereocenters. The number of likely N-dealkylation sites (tertiary alicyclic amines) is 1. The van der Waals surface area contributed by atoms with Gasteiger partial charge in [-0.05, 0) is 51.1 Å². The summed E-state index contributed by atoms with van der Waals surface area (Å²) in [4.78, 5) is 11.5. The number of nitrogens with one attached hydrogen (secondary N) is 2. The van der Waals surface area contributed by atoms with Crippen LogP contribution in [0.5, 0.6) is 0 Å². The number of piperidine rings is 1. The Labute approximate surface area is 180 Å². The molecule has 2 aliphatic heterocycles. The Kier molecular flexibility index (Phi) is 9.73. The van der Waals surface area contributed by atoms with Crippen LogP contribution in [-0.2, 0) is 4.74 Å². The van der Waals surface area contributed by atoms with E-state index in [1.54, 1.807) is 0 Å². The van der Waals surface area contributed by atoms with Crippen LogP contribution in [0.2, 0.25) is 0 Å². The van der Waals surface area contributed by atoms with Gasteiger partial charge >= 0.3 is 0 Å². The molecule has 0 bridgehead atoms. The monoisotopic (exact) mass is 421 g/mol. The average molecular weight is 422 g/mol. The topological polar surface area (TPSA) is 52.1 Å². The van der Waals surface area contributed by atoms with Crippen LogP contribution in [0.3, 0.4) is 0 Å². The number of guanidine groups is 1. The maximum Gasteiger partial charge on any atom is 0.191 e. The zero-order valence-corrected chi connectivity index (χ0v) is 19.1.